The molecule has 5 N–H and O–H groups in total. The van der Waals surface area contributed by atoms with Gasteiger partial charge in [0, 0.05) is 18.2 Å². The number of amides is 4. The molecule has 4 amide bonds. The van der Waals surface area contributed by atoms with Crippen LogP contribution >= 0.6 is 0 Å². The van der Waals surface area contributed by atoms with E-state index in [9.17, 15) is 47.4 Å². The molecular formula is C31H36N4O11S. The van der Waals surface area contributed by atoms with Crippen molar-refractivity contribution < 1.29 is 52.1 Å². The number of nitrogens with zero attached hydrogens (tertiary/aromatic N) is 1. The second-order valence-corrected chi connectivity index (χ2v) is 12.7. The van der Waals surface area contributed by atoms with Gasteiger partial charge in [0.05, 0.1) is 18.9 Å². The summed E-state index contributed by atoms with van der Waals surface area (Å²) in [6, 6.07) is 11.3. The van der Waals surface area contributed by atoms with Crippen LogP contribution in [0, 0.1) is 0 Å². The maximum Gasteiger partial charge on any atom is 0.408 e. The van der Waals surface area contributed by atoms with Crippen molar-refractivity contribution in [3.8, 4) is 0 Å². The normalized spacial score (nSPS) is 16.4. The summed E-state index contributed by atoms with van der Waals surface area (Å²) in [6.07, 6.45) is 0.0150. The van der Waals surface area contributed by atoms with Gasteiger partial charge in [-0.2, -0.15) is 0 Å². The number of alkyl carbamates (subject to hydrolysis) is 1. The fourth-order valence-electron chi connectivity index (χ4n) is 4.81. The molecule has 3 rings (SSSR count). The molecule has 0 aliphatic carbocycles. The average molecular weight is 673 g/mol. The smallest absolute Gasteiger partial charge is 0.408 e. The fraction of sp³-hybridized carbons (Fsp3) is 0.355. The van der Waals surface area contributed by atoms with Gasteiger partial charge in [0.15, 0.2) is 9.84 Å². The molecule has 1 aliphatic heterocycles. The third kappa shape index (κ3) is 11.9. The maximum absolute atomic E-state index is 14.0. The average Bonchev–Trinajstić information content (AvgIpc) is 3.51. The molecule has 0 spiro atoms. The van der Waals surface area contributed by atoms with E-state index in [0.717, 1.165) is 17.7 Å². The minimum absolute atomic E-state index is 0.0987. The summed E-state index contributed by atoms with van der Waals surface area (Å²) in [5, 5.41) is 26.7. The van der Waals surface area contributed by atoms with Crippen LogP contribution in [0.2, 0.25) is 0 Å². The Morgan fingerprint density at radius 1 is 0.915 bits per heavy atom. The van der Waals surface area contributed by atoms with E-state index < -0.39 is 82.6 Å². The molecule has 0 radical (unpaired) electrons. The fourth-order valence-corrected chi connectivity index (χ4v) is 5.28. The summed E-state index contributed by atoms with van der Waals surface area (Å²) in [4.78, 5) is 77.2. The van der Waals surface area contributed by atoms with E-state index in [0.29, 0.717) is 17.5 Å². The largest absolute Gasteiger partial charge is 0.481 e. The quantitative estimate of drug-likeness (QED) is 0.180. The summed E-state index contributed by atoms with van der Waals surface area (Å²) in [5.74, 6) is -5.16. The van der Waals surface area contributed by atoms with Crippen molar-refractivity contribution in [2.24, 2.45) is 0 Å². The summed E-state index contributed by atoms with van der Waals surface area (Å²) in [7, 11) is -3.63. The van der Waals surface area contributed by atoms with E-state index in [1.54, 1.807) is 60.7 Å². The van der Waals surface area contributed by atoms with Crippen LogP contribution in [0.4, 0.5) is 4.79 Å². The van der Waals surface area contributed by atoms with Crippen LogP contribution in [0.3, 0.4) is 0 Å². The lowest BCUT2D eigenvalue weighted by Crippen LogP contribution is -2.54. The van der Waals surface area contributed by atoms with Crippen molar-refractivity contribution in [1.29, 1.82) is 0 Å². The Bertz CT molecular complexity index is 1580. The molecule has 0 bridgehead atoms. The molecule has 0 unspecified atom stereocenters. The van der Waals surface area contributed by atoms with Crippen LogP contribution in [0.25, 0.3) is 0 Å². The molecule has 252 valence electrons. The SMILES string of the molecule is CS(=O)(=O)C=C[C@H](CC(=O)O)NC(=O)[C@H]1CCCN1C(=O)[C@H](NC(=O)[C@H](CC(=O)O)NC(=O)OCc1ccccc1)c1ccccc1. The van der Waals surface area contributed by atoms with E-state index in [1.165, 1.54) is 4.90 Å². The zero-order valence-electron chi connectivity index (χ0n) is 25.4. The molecule has 16 heteroatoms. The molecule has 0 aromatic heterocycles. The molecule has 47 heavy (non-hydrogen) atoms. The van der Waals surface area contributed by atoms with Crippen molar-refractivity contribution in [2.75, 3.05) is 12.8 Å². The molecular weight excluding hydrogens is 636 g/mol. The van der Waals surface area contributed by atoms with Crippen LogP contribution in [0.1, 0.15) is 42.9 Å². The van der Waals surface area contributed by atoms with Crippen molar-refractivity contribution in [2.45, 2.75) is 56.5 Å². The Balaban J connectivity index is 1.80. The van der Waals surface area contributed by atoms with Crippen LogP contribution in [-0.4, -0.2) is 90.2 Å². The topological polar surface area (TPSA) is 226 Å². The number of carbonyl (C=O) groups excluding carboxylic acids is 4. The molecule has 2 aromatic carbocycles. The first-order chi connectivity index (χ1) is 22.2. The lowest BCUT2D eigenvalue weighted by Gasteiger charge is -2.30. The van der Waals surface area contributed by atoms with Gasteiger partial charge in [-0.3, -0.25) is 24.0 Å². The predicted molar refractivity (Wildman–Crippen MR) is 166 cm³/mol. The zero-order chi connectivity index (χ0) is 34.6. The number of benzene rings is 2. The van der Waals surface area contributed by atoms with Gasteiger partial charge < -0.3 is 35.8 Å². The number of nitrogens with one attached hydrogen (secondary N) is 3. The first-order valence-electron chi connectivity index (χ1n) is 14.5. The summed E-state index contributed by atoms with van der Waals surface area (Å²) in [5.41, 5.74) is 0.957. The Hall–Kier alpha value is -5.25. The lowest BCUT2D eigenvalue weighted by atomic mass is 10.0. The highest BCUT2D eigenvalue weighted by Gasteiger charge is 2.39. The molecule has 15 nitrogen and oxygen atoms in total. The third-order valence-corrected chi connectivity index (χ3v) is 7.64. The zero-order valence-corrected chi connectivity index (χ0v) is 26.2. The summed E-state index contributed by atoms with van der Waals surface area (Å²) >= 11 is 0. The number of carbonyl (C=O) groups is 6. The van der Waals surface area contributed by atoms with E-state index in [4.69, 9.17) is 4.74 Å². The molecule has 0 saturated carbocycles. The molecule has 1 heterocycles. The minimum Gasteiger partial charge on any atom is -0.481 e. The van der Waals surface area contributed by atoms with Gasteiger partial charge in [0.1, 0.15) is 24.7 Å². The highest BCUT2D eigenvalue weighted by molar-refractivity contribution is 7.93. The van der Waals surface area contributed by atoms with Crippen LogP contribution < -0.4 is 16.0 Å². The molecule has 4 atom stereocenters. The Kier molecular flexibility index (Phi) is 13.0. The number of ether oxygens (including phenoxy) is 1. The molecule has 1 saturated heterocycles. The van der Waals surface area contributed by atoms with Gasteiger partial charge in [-0.25, -0.2) is 13.2 Å². The van der Waals surface area contributed by atoms with E-state index in [1.807, 2.05) is 0 Å². The van der Waals surface area contributed by atoms with E-state index >= 15 is 0 Å². The number of aliphatic carboxylic acids is 2. The van der Waals surface area contributed by atoms with Crippen molar-refractivity contribution in [3.63, 3.8) is 0 Å². The maximum atomic E-state index is 14.0. The van der Waals surface area contributed by atoms with Gasteiger partial charge in [0.2, 0.25) is 17.7 Å². The van der Waals surface area contributed by atoms with E-state index in [2.05, 4.69) is 16.0 Å². The van der Waals surface area contributed by atoms with E-state index in [-0.39, 0.29) is 19.6 Å². The number of hydrogen-bond donors (Lipinski definition) is 5. The lowest BCUT2D eigenvalue weighted by molar-refractivity contribution is -0.143. The Morgan fingerprint density at radius 3 is 2.13 bits per heavy atom. The number of sulfone groups is 1. The predicted octanol–water partition coefficient (Wildman–Crippen LogP) is 1.12. The second kappa shape index (κ2) is 16.9. The molecule has 1 fully saturated rings. The second-order valence-electron chi connectivity index (χ2n) is 10.8. The number of rotatable bonds is 15. The van der Waals surface area contributed by atoms with Crippen molar-refractivity contribution in [3.05, 3.63) is 83.3 Å². The number of carboxylic acids is 2. The van der Waals surface area contributed by atoms with Crippen molar-refractivity contribution >= 4 is 45.6 Å². The third-order valence-electron chi connectivity index (χ3n) is 6.99. The molecule has 2 aromatic rings. The van der Waals surface area contributed by atoms with Crippen LogP contribution in [0.15, 0.2) is 72.1 Å². The van der Waals surface area contributed by atoms with Gasteiger partial charge in [-0.15, -0.1) is 0 Å². The Morgan fingerprint density at radius 2 is 1.53 bits per heavy atom. The number of hydrogen-bond acceptors (Lipinski definition) is 9. The van der Waals surface area contributed by atoms with Gasteiger partial charge in [-0.1, -0.05) is 66.7 Å². The monoisotopic (exact) mass is 672 g/mol. The van der Waals surface area contributed by atoms with Crippen molar-refractivity contribution in [1.82, 2.24) is 20.9 Å². The highest BCUT2D eigenvalue weighted by atomic mass is 32.2. The Labute approximate surface area is 270 Å². The highest BCUT2D eigenvalue weighted by Crippen LogP contribution is 2.24. The first kappa shape index (κ1) is 36.2. The first-order valence-corrected chi connectivity index (χ1v) is 16.4. The summed E-state index contributed by atoms with van der Waals surface area (Å²) < 4.78 is 28.2. The molecule has 1 aliphatic rings. The van der Waals surface area contributed by atoms with Crippen LogP contribution in [-0.2, 0) is 45.2 Å². The number of likely N-dealkylation sites (tertiary alicyclic amines) is 1. The van der Waals surface area contributed by atoms with Gasteiger partial charge >= 0.3 is 18.0 Å². The number of carboxylic acid groups (broad SMARTS) is 2. The minimum atomic E-state index is -3.63. The van der Waals surface area contributed by atoms with Crippen LogP contribution in [0.5, 0.6) is 0 Å². The standard InChI is InChI=1S/C31H36N4O11S/c1-47(44,45)16-14-22(17-25(36)37)32-29(41)24-13-8-15-35(24)30(42)27(21-11-6-3-7-12-21)34-28(40)23(18-26(38)39)33-31(43)46-19-20-9-4-2-5-10-20/h2-7,9-12,14,16,22-24,27H,8,13,15,17-19H2,1H3,(H,32,41)(H,33,43)(H,34,40)(H,36,37)(H,38,39)/t22-,23+,24-,27-/m1/s1. The van der Waals surface area contributed by atoms with Gasteiger partial charge in [0.25, 0.3) is 0 Å². The summed E-state index contributed by atoms with van der Waals surface area (Å²) in [6.45, 7) is -0.0451. The van der Waals surface area contributed by atoms with Gasteiger partial charge in [-0.05, 0) is 24.0 Å².